The highest BCUT2D eigenvalue weighted by Crippen LogP contribution is 2.11. The van der Waals surface area contributed by atoms with Gasteiger partial charge in [0.15, 0.2) is 0 Å². The van der Waals surface area contributed by atoms with Crippen molar-refractivity contribution >= 4 is 0 Å². The predicted molar refractivity (Wildman–Crippen MR) is 41.5 cm³/mol. The van der Waals surface area contributed by atoms with Gasteiger partial charge in [-0.15, -0.1) is 0 Å². The van der Waals surface area contributed by atoms with Crippen molar-refractivity contribution in [2.75, 3.05) is 6.61 Å². The molecule has 1 heterocycles. The van der Waals surface area contributed by atoms with Crippen LogP contribution in [0.5, 0.6) is 0 Å². The highest BCUT2D eigenvalue weighted by Gasteiger charge is 1.96. The average Bonchev–Trinajstić information content (AvgIpc) is 2.01. The molecular formula is C9H16O. The van der Waals surface area contributed by atoms with Crippen molar-refractivity contribution in [2.45, 2.75) is 44.9 Å². The van der Waals surface area contributed by atoms with Gasteiger partial charge in [0.05, 0.1) is 0 Å². The van der Waals surface area contributed by atoms with E-state index in [2.05, 4.69) is 6.61 Å². The Hall–Kier alpha value is -0.0400. The summed E-state index contributed by atoms with van der Waals surface area (Å²) < 4.78 is 5.16. The van der Waals surface area contributed by atoms with Crippen molar-refractivity contribution in [1.29, 1.82) is 0 Å². The van der Waals surface area contributed by atoms with Crippen LogP contribution in [-0.4, -0.2) is 6.61 Å². The Kier molecular flexibility index (Phi) is 4.61. The maximum absolute atomic E-state index is 5.16. The van der Waals surface area contributed by atoms with Crippen LogP contribution in [0, 0.1) is 6.61 Å². The molecule has 0 aromatic rings. The molecule has 0 unspecified atom stereocenters. The molecule has 1 fully saturated rings. The minimum absolute atomic E-state index is 0.889. The monoisotopic (exact) mass is 140 g/mol. The van der Waals surface area contributed by atoms with E-state index in [0.29, 0.717) is 0 Å². The van der Waals surface area contributed by atoms with Gasteiger partial charge in [-0.3, -0.25) is 0 Å². The smallest absolute Gasteiger partial charge is 0.132 e. The Morgan fingerprint density at radius 3 is 2.40 bits per heavy atom. The second-order valence-corrected chi connectivity index (χ2v) is 2.86. The van der Waals surface area contributed by atoms with E-state index >= 15 is 0 Å². The maximum Gasteiger partial charge on any atom is 0.132 e. The molecule has 1 aliphatic heterocycles. The topological polar surface area (TPSA) is 9.23 Å². The van der Waals surface area contributed by atoms with E-state index in [1.54, 1.807) is 0 Å². The standard InChI is InChI=1S/C9H16O/c1-2-4-6-8-10-9-7-5-3-1/h1-8H2. The minimum atomic E-state index is 0.889. The van der Waals surface area contributed by atoms with Crippen LogP contribution in [0.1, 0.15) is 44.9 Å². The number of hydrogen-bond acceptors (Lipinski definition) is 1. The van der Waals surface area contributed by atoms with Crippen LogP contribution < -0.4 is 0 Å². The first kappa shape index (κ1) is 8.06. The molecule has 0 N–H and O–H groups in total. The lowest BCUT2D eigenvalue weighted by Crippen LogP contribution is -1.94. The lowest BCUT2D eigenvalue weighted by atomic mass is 10.1. The molecule has 0 aliphatic carbocycles. The molecule has 0 aromatic heterocycles. The fourth-order valence-electron chi connectivity index (χ4n) is 1.22. The molecule has 1 heteroatoms. The van der Waals surface area contributed by atoms with Crippen LogP contribution in [0.25, 0.3) is 0 Å². The van der Waals surface area contributed by atoms with Gasteiger partial charge in [0.1, 0.15) is 6.61 Å². The SMILES string of the molecule is [C]1CCCCCCCCO1. The fourth-order valence-corrected chi connectivity index (χ4v) is 1.22. The Balaban J connectivity index is 2.00. The number of rotatable bonds is 0. The summed E-state index contributed by atoms with van der Waals surface area (Å²) in [7, 11) is 0. The molecule has 58 valence electrons. The van der Waals surface area contributed by atoms with Gasteiger partial charge in [-0.25, -0.2) is 0 Å². The molecule has 10 heavy (non-hydrogen) atoms. The van der Waals surface area contributed by atoms with Crippen molar-refractivity contribution in [3.63, 3.8) is 0 Å². The first-order valence-electron chi connectivity index (χ1n) is 4.35. The summed E-state index contributed by atoms with van der Waals surface area (Å²) in [5.74, 6) is 0. The Morgan fingerprint density at radius 1 is 0.800 bits per heavy atom. The van der Waals surface area contributed by atoms with Crippen LogP contribution in [0.3, 0.4) is 0 Å². The lowest BCUT2D eigenvalue weighted by molar-refractivity contribution is 0.180. The zero-order chi connectivity index (χ0) is 7.07. The lowest BCUT2D eigenvalue weighted by Gasteiger charge is -2.06. The molecular weight excluding hydrogens is 124 g/mol. The van der Waals surface area contributed by atoms with Crippen molar-refractivity contribution in [3.05, 3.63) is 6.61 Å². The quantitative estimate of drug-likeness (QED) is 0.502. The molecule has 0 aromatic carbocycles. The van der Waals surface area contributed by atoms with Crippen molar-refractivity contribution in [1.82, 2.24) is 0 Å². The second kappa shape index (κ2) is 5.72. The molecule has 1 saturated heterocycles. The molecule has 2 radical (unpaired) electrons. The highest BCUT2D eigenvalue weighted by molar-refractivity contribution is 4.55. The zero-order valence-electron chi connectivity index (χ0n) is 6.57. The van der Waals surface area contributed by atoms with E-state index in [-0.39, 0.29) is 0 Å². The van der Waals surface area contributed by atoms with Crippen molar-refractivity contribution in [3.8, 4) is 0 Å². The molecule has 0 amide bonds. The van der Waals surface area contributed by atoms with Crippen LogP contribution >= 0.6 is 0 Å². The minimum Gasteiger partial charge on any atom is -0.369 e. The third-order valence-corrected chi connectivity index (χ3v) is 1.88. The third-order valence-electron chi connectivity index (χ3n) is 1.88. The molecule has 0 spiro atoms. The summed E-state index contributed by atoms with van der Waals surface area (Å²) in [4.78, 5) is 0. The van der Waals surface area contributed by atoms with E-state index in [9.17, 15) is 0 Å². The molecule has 0 saturated carbocycles. The molecule has 1 rings (SSSR count). The normalized spacial score (nSPS) is 24.0. The van der Waals surface area contributed by atoms with Gasteiger partial charge in [-0.1, -0.05) is 32.1 Å². The van der Waals surface area contributed by atoms with Gasteiger partial charge in [-0.05, 0) is 12.8 Å². The fraction of sp³-hybridized carbons (Fsp3) is 0.889. The zero-order valence-corrected chi connectivity index (χ0v) is 6.57. The van der Waals surface area contributed by atoms with Crippen LogP contribution in [0.4, 0.5) is 0 Å². The Morgan fingerprint density at radius 2 is 1.50 bits per heavy atom. The van der Waals surface area contributed by atoms with Crippen molar-refractivity contribution in [2.24, 2.45) is 0 Å². The van der Waals surface area contributed by atoms with Gasteiger partial charge in [0, 0.05) is 6.61 Å². The van der Waals surface area contributed by atoms with E-state index in [0.717, 1.165) is 13.0 Å². The predicted octanol–water partition coefficient (Wildman–Crippen LogP) is 2.79. The van der Waals surface area contributed by atoms with Crippen LogP contribution in [0.15, 0.2) is 0 Å². The van der Waals surface area contributed by atoms with E-state index < -0.39 is 0 Å². The summed E-state index contributed by atoms with van der Waals surface area (Å²) in [6.45, 7) is 3.84. The third kappa shape index (κ3) is 3.89. The Labute approximate surface area is 63.8 Å². The number of hydrogen-bond donors (Lipinski definition) is 0. The summed E-state index contributed by atoms with van der Waals surface area (Å²) in [6, 6.07) is 0. The first-order valence-corrected chi connectivity index (χ1v) is 4.35. The van der Waals surface area contributed by atoms with Gasteiger partial charge >= 0.3 is 0 Å². The van der Waals surface area contributed by atoms with Gasteiger partial charge < -0.3 is 4.74 Å². The Bertz CT molecular complexity index is 37.9. The largest absolute Gasteiger partial charge is 0.369 e. The van der Waals surface area contributed by atoms with E-state index in [1.807, 2.05) is 0 Å². The molecule has 1 aliphatic rings. The summed E-state index contributed by atoms with van der Waals surface area (Å²) >= 11 is 0. The van der Waals surface area contributed by atoms with Crippen LogP contribution in [0.2, 0.25) is 0 Å². The summed E-state index contributed by atoms with van der Waals surface area (Å²) in [5, 5.41) is 0. The van der Waals surface area contributed by atoms with Crippen LogP contribution in [-0.2, 0) is 4.74 Å². The maximum atomic E-state index is 5.16. The average molecular weight is 140 g/mol. The summed E-state index contributed by atoms with van der Waals surface area (Å²) in [5.41, 5.74) is 0. The number of ether oxygens (including phenoxy) is 1. The van der Waals surface area contributed by atoms with E-state index in [1.165, 1.54) is 38.5 Å². The van der Waals surface area contributed by atoms with E-state index in [4.69, 9.17) is 4.74 Å². The molecule has 0 atom stereocenters. The second-order valence-electron chi connectivity index (χ2n) is 2.86. The highest BCUT2D eigenvalue weighted by atomic mass is 16.5. The summed E-state index contributed by atoms with van der Waals surface area (Å²) in [6.07, 6.45) is 9.00. The first-order chi connectivity index (χ1) is 5.00. The molecule has 0 bridgehead atoms. The molecule has 1 nitrogen and oxygen atoms in total. The van der Waals surface area contributed by atoms with Gasteiger partial charge in [0.25, 0.3) is 0 Å². The van der Waals surface area contributed by atoms with Gasteiger partial charge in [-0.2, -0.15) is 0 Å². The van der Waals surface area contributed by atoms with Crippen molar-refractivity contribution < 1.29 is 4.74 Å². The van der Waals surface area contributed by atoms with Gasteiger partial charge in [0.2, 0.25) is 0 Å².